The van der Waals surface area contributed by atoms with E-state index in [4.69, 9.17) is 16.3 Å². The van der Waals surface area contributed by atoms with Crippen LogP contribution in [0.25, 0.3) is 0 Å². The summed E-state index contributed by atoms with van der Waals surface area (Å²) in [5.41, 5.74) is 1.62. The topological polar surface area (TPSA) is 79.7 Å². The smallest absolute Gasteiger partial charge is 0.410 e. The van der Waals surface area contributed by atoms with Crippen LogP contribution in [0.5, 0.6) is 0 Å². The van der Waals surface area contributed by atoms with Gasteiger partial charge < -0.3 is 14.7 Å². The standard InChI is InChI=1S/C18H17ClN2O4/c19-16-7-6-13(8-20-16)14-9-21(10-15(14)17(22)23)18(24)25-11-12-4-2-1-3-5-12/h1-8,14-15H,9-11H2,(H,22,23). The van der Waals surface area contributed by atoms with E-state index < -0.39 is 18.0 Å². The summed E-state index contributed by atoms with van der Waals surface area (Å²) in [6.07, 6.45) is 1.04. The monoisotopic (exact) mass is 360 g/mol. The lowest BCUT2D eigenvalue weighted by Gasteiger charge is -2.16. The lowest BCUT2D eigenvalue weighted by atomic mass is 9.90. The van der Waals surface area contributed by atoms with E-state index >= 15 is 0 Å². The van der Waals surface area contributed by atoms with Crippen molar-refractivity contribution in [1.29, 1.82) is 0 Å². The quantitative estimate of drug-likeness (QED) is 0.847. The Labute approximate surface area is 150 Å². The van der Waals surface area contributed by atoms with E-state index in [-0.39, 0.29) is 25.6 Å². The van der Waals surface area contributed by atoms with Crippen LogP contribution in [-0.4, -0.2) is 40.1 Å². The second kappa shape index (κ2) is 7.53. The van der Waals surface area contributed by atoms with Crippen molar-refractivity contribution in [2.45, 2.75) is 12.5 Å². The van der Waals surface area contributed by atoms with E-state index in [1.807, 2.05) is 30.3 Å². The van der Waals surface area contributed by atoms with Crippen LogP contribution in [0, 0.1) is 5.92 Å². The summed E-state index contributed by atoms with van der Waals surface area (Å²) in [5, 5.41) is 9.82. The van der Waals surface area contributed by atoms with Crippen molar-refractivity contribution >= 4 is 23.7 Å². The Balaban J connectivity index is 1.68. The molecule has 130 valence electrons. The van der Waals surface area contributed by atoms with Gasteiger partial charge in [0.05, 0.1) is 5.92 Å². The largest absolute Gasteiger partial charge is 0.481 e. The van der Waals surface area contributed by atoms with Gasteiger partial charge in [-0.1, -0.05) is 48.0 Å². The van der Waals surface area contributed by atoms with Crippen LogP contribution in [-0.2, 0) is 16.1 Å². The van der Waals surface area contributed by atoms with E-state index in [1.54, 1.807) is 18.3 Å². The Morgan fingerprint density at radius 2 is 1.96 bits per heavy atom. The number of rotatable bonds is 4. The molecule has 1 aromatic carbocycles. The number of hydrogen-bond acceptors (Lipinski definition) is 4. The Morgan fingerprint density at radius 1 is 1.20 bits per heavy atom. The fourth-order valence-electron chi connectivity index (χ4n) is 2.96. The molecular formula is C18H17ClN2O4. The number of hydrogen-bond donors (Lipinski definition) is 1. The zero-order valence-electron chi connectivity index (χ0n) is 13.3. The molecule has 1 saturated heterocycles. The molecule has 0 bridgehead atoms. The molecule has 0 aliphatic carbocycles. The van der Waals surface area contributed by atoms with Crippen molar-refractivity contribution in [3.63, 3.8) is 0 Å². The molecule has 1 aromatic heterocycles. The van der Waals surface area contributed by atoms with Crippen LogP contribution < -0.4 is 0 Å². The summed E-state index contributed by atoms with van der Waals surface area (Å²) in [4.78, 5) is 29.3. The van der Waals surface area contributed by atoms with Crippen LogP contribution in [0.1, 0.15) is 17.0 Å². The fourth-order valence-corrected chi connectivity index (χ4v) is 3.07. The molecule has 2 unspecified atom stereocenters. The first-order valence-electron chi connectivity index (χ1n) is 7.84. The number of aliphatic carboxylic acids is 1. The SMILES string of the molecule is O=C(O)C1CN(C(=O)OCc2ccccc2)CC1c1ccc(Cl)nc1. The highest BCUT2D eigenvalue weighted by atomic mass is 35.5. The highest BCUT2D eigenvalue weighted by Gasteiger charge is 2.41. The molecule has 6 nitrogen and oxygen atoms in total. The molecule has 7 heteroatoms. The Morgan fingerprint density at radius 3 is 2.60 bits per heavy atom. The van der Waals surface area contributed by atoms with Crippen molar-refractivity contribution in [2.24, 2.45) is 5.92 Å². The van der Waals surface area contributed by atoms with Crippen LogP contribution in [0.15, 0.2) is 48.7 Å². The molecule has 2 aromatic rings. The highest BCUT2D eigenvalue weighted by Crippen LogP contribution is 2.33. The average molecular weight is 361 g/mol. The van der Waals surface area contributed by atoms with Gasteiger partial charge in [0, 0.05) is 25.2 Å². The summed E-state index contributed by atoms with van der Waals surface area (Å²) in [7, 11) is 0. The van der Waals surface area contributed by atoms with E-state index in [1.165, 1.54) is 4.90 Å². The normalized spacial score (nSPS) is 19.6. The third-order valence-corrected chi connectivity index (χ3v) is 4.50. The Bertz CT molecular complexity index is 751. The molecule has 1 aliphatic rings. The van der Waals surface area contributed by atoms with Gasteiger partial charge in [0.15, 0.2) is 0 Å². The number of pyridine rings is 1. The van der Waals surface area contributed by atoms with Crippen molar-refractivity contribution in [3.8, 4) is 0 Å². The number of ether oxygens (including phenoxy) is 1. The van der Waals surface area contributed by atoms with E-state index in [0.29, 0.717) is 5.15 Å². The van der Waals surface area contributed by atoms with Crippen LogP contribution in [0.4, 0.5) is 4.79 Å². The zero-order chi connectivity index (χ0) is 17.8. The molecule has 25 heavy (non-hydrogen) atoms. The van der Waals surface area contributed by atoms with Gasteiger partial charge in [-0.25, -0.2) is 9.78 Å². The second-order valence-electron chi connectivity index (χ2n) is 5.91. The van der Waals surface area contributed by atoms with Crippen LogP contribution in [0.3, 0.4) is 0 Å². The first-order chi connectivity index (χ1) is 12.0. The predicted octanol–water partition coefficient (Wildman–Crippen LogP) is 3.17. The summed E-state index contributed by atoms with van der Waals surface area (Å²) >= 11 is 5.78. The predicted molar refractivity (Wildman–Crippen MR) is 91.3 cm³/mol. The third kappa shape index (κ3) is 4.09. The molecule has 0 saturated carbocycles. The van der Waals surface area contributed by atoms with Gasteiger partial charge >= 0.3 is 12.1 Å². The molecule has 1 amide bonds. The number of carboxylic acids is 1. The molecule has 0 radical (unpaired) electrons. The maximum atomic E-state index is 12.3. The average Bonchev–Trinajstić information content (AvgIpc) is 3.07. The lowest BCUT2D eigenvalue weighted by molar-refractivity contribution is -0.141. The maximum absolute atomic E-state index is 12.3. The number of nitrogens with zero attached hydrogens (tertiary/aromatic N) is 2. The van der Waals surface area contributed by atoms with Crippen LogP contribution >= 0.6 is 11.6 Å². The van der Waals surface area contributed by atoms with Gasteiger partial charge in [0.1, 0.15) is 11.8 Å². The molecule has 1 fully saturated rings. The first kappa shape index (κ1) is 17.2. The molecule has 2 heterocycles. The van der Waals surface area contributed by atoms with Crippen molar-refractivity contribution in [3.05, 3.63) is 64.9 Å². The van der Waals surface area contributed by atoms with Crippen molar-refractivity contribution in [2.75, 3.05) is 13.1 Å². The minimum absolute atomic E-state index is 0.107. The third-order valence-electron chi connectivity index (χ3n) is 4.28. The summed E-state index contributed by atoms with van der Waals surface area (Å²) in [5.74, 6) is -1.99. The molecule has 0 spiro atoms. The number of aromatic nitrogens is 1. The van der Waals surface area contributed by atoms with Gasteiger partial charge in [0.2, 0.25) is 0 Å². The highest BCUT2D eigenvalue weighted by molar-refractivity contribution is 6.29. The maximum Gasteiger partial charge on any atom is 0.410 e. The molecule has 3 rings (SSSR count). The minimum Gasteiger partial charge on any atom is -0.481 e. The number of likely N-dealkylation sites (tertiary alicyclic amines) is 1. The Kier molecular flexibility index (Phi) is 5.19. The molecule has 2 atom stereocenters. The summed E-state index contributed by atoms with van der Waals surface area (Å²) < 4.78 is 5.30. The number of carbonyl (C=O) groups is 2. The lowest BCUT2D eigenvalue weighted by Crippen LogP contribution is -2.30. The van der Waals surface area contributed by atoms with Gasteiger partial charge in [-0.2, -0.15) is 0 Å². The van der Waals surface area contributed by atoms with Gasteiger partial charge in [0.25, 0.3) is 0 Å². The number of halogens is 1. The Hall–Kier alpha value is -2.60. The number of benzene rings is 1. The van der Waals surface area contributed by atoms with Crippen LogP contribution in [0.2, 0.25) is 5.15 Å². The van der Waals surface area contributed by atoms with E-state index in [0.717, 1.165) is 11.1 Å². The number of carboxylic acid groups (broad SMARTS) is 1. The number of carbonyl (C=O) groups excluding carboxylic acids is 1. The van der Waals surface area contributed by atoms with E-state index in [2.05, 4.69) is 4.98 Å². The number of amides is 1. The van der Waals surface area contributed by atoms with Gasteiger partial charge in [-0.3, -0.25) is 4.79 Å². The summed E-state index contributed by atoms with van der Waals surface area (Å²) in [6, 6.07) is 12.7. The zero-order valence-corrected chi connectivity index (χ0v) is 14.1. The van der Waals surface area contributed by atoms with Gasteiger partial charge in [-0.15, -0.1) is 0 Å². The van der Waals surface area contributed by atoms with Gasteiger partial charge in [-0.05, 0) is 17.2 Å². The second-order valence-corrected chi connectivity index (χ2v) is 6.30. The molecule has 1 N–H and O–H groups in total. The first-order valence-corrected chi connectivity index (χ1v) is 8.22. The van der Waals surface area contributed by atoms with Crippen molar-refractivity contribution in [1.82, 2.24) is 9.88 Å². The van der Waals surface area contributed by atoms with Crippen molar-refractivity contribution < 1.29 is 19.4 Å². The van der Waals surface area contributed by atoms with E-state index in [9.17, 15) is 14.7 Å². The summed E-state index contributed by atoms with van der Waals surface area (Å²) in [6.45, 7) is 0.533. The minimum atomic E-state index is -0.946. The molecular weight excluding hydrogens is 344 g/mol. The molecule has 1 aliphatic heterocycles. The fraction of sp³-hybridized carbons (Fsp3) is 0.278.